The molecule has 1 unspecified atom stereocenters. The highest BCUT2D eigenvalue weighted by Gasteiger charge is 2.60. The quantitative estimate of drug-likeness (QED) is 0.289. The molecule has 2 aliphatic heterocycles. The predicted octanol–water partition coefficient (Wildman–Crippen LogP) is 2.86. The lowest BCUT2D eigenvalue weighted by molar-refractivity contribution is -0.174. The number of nitrogens with zero attached hydrogens (tertiary/aromatic N) is 2. The largest absolute Gasteiger partial charge is 0.511 e. The Bertz CT molecular complexity index is 1000. The normalized spacial score (nSPS) is 23.7. The minimum Gasteiger partial charge on any atom is -0.431 e. The maximum atomic E-state index is 13.1. The molecule has 0 radical (unpaired) electrons. The standard InChI is InChI=1S/C22H28N2O8S2/c1-10(2)30-22(29)32-13(5)31-21(28)18-19(33-7-6-15-14(8-25)23-9-34-15)11(3)17-16(12(4)26)20(27)24(17)18/h6-7,9-13,16-17,25-26H,8H2,1-5H3/b7-6-/t11-,12-,13?,16-,17-/m1/s1. The summed E-state index contributed by atoms with van der Waals surface area (Å²) in [6, 6.07) is -0.385. The van der Waals surface area contributed by atoms with Gasteiger partial charge in [-0.3, -0.25) is 4.79 Å². The van der Waals surface area contributed by atoms with Gasteiger partial charge in [-0.2, -0.15) is 0 Å². The average Bonchev–Trinajstić information content (AvgIpc) is 3.28. The molecular formula is C22H28N2O8S2. The summed E-state index contributed by atoms with van der Waals surface area (Å²) in [4.78, 5) is 44.4. The average molecular weight is 513 g/mol. The van der Waals surface area contributed by atoms with E-state index in [9.17, 15) is 24.6 Å². The van der Waals surface area contributed by atoms with Crippen molar-refractivity contribution in [2.75, 3.05) is 0 Å². The molecule has 12 heteroatoms. The number of rotatable bonds is 9. The number of aliphatic hydroxyl groups excluding tert-OH is 2. The Morgan fingerprint density at radius 2 is 1.97 bits per heavy atom. The second kappa shape index (κ2) is 10.9. The van der Waals surface area contributed by atoms with Gasteiger partial charge < -0.3 is 29.3 Å². The fraction of sp³-hybridized carbons (Fsp3) is 0.545. The third kappa shape index (κ3) is 5.29. The van der Waals surface area contributed by atoms with Gasteiger partial charge in [0.2, 0.25) is 12.2 Å². The van der Waals surface area contributed by atoms with Gasteiger partial charge in [0.25, 0.3) is 0 Å². The first kappa shape index (κ1) is 26.2. The first-order valence-electron chi connectivity index (χ1n) is 10.8. The van der Waals surface area contributed by atoms with Crippen LogP contribution in [0.2, 0.25) is 0 Å². The lowest BCUT2D eigenvalue weighted by atomic mass is 9.79. The van der Waals surface area contributed by atoms with E-state index in [4.69, 9.17) is 14.2 Å². The molecule has 1 amide bonds. The van der Waals surface area contributed by atoms with Gasteiger partial charge in [-0.15, -0.1) is 11.3 Å². The van der Waals surface area contributed by atoms with Crippen molar-refractivity contribution in [2.24, 2.45) is 11.8 Å². The molecule has 10 nitrogen and oxygen atoms in total. The highest BCUT2D eigenvalue weighted by Crippen LogP contribution is 2.51. The van der Waals surface area contributed by atoms with Crippen LogP contribution in [0.1, 0.15) is 45.2 Å². The summed E-state index contributed by atoms with van der Waals surface area (Å²) in [5.74, 6) is -2.05. The maximum absolute atomic E-state index is 13.1. The Kier molecular flexibility index (Phi) is 8.39. The number of hydrogen-bond donors (Lipinski definition) is 2. The first-order chi connectivity index (χ1) is 16.1. The number of thioether (sulfide) groups is 1. The monoisotopic (exact) mass is 512 g/mol. The van der Waals surface area contributed by atoms with Gasteiger partial charge >= 0.3 is 12.1 Å². The summed E-state index contributed by atoms with van der Waals surface area (Å²) in [5, 5.41) is 21.2. The summed E-state index contributed by atoms with van der Waals surface area (Å²) in [7, 11) is 0. The summed E-state index contributed by atoms with van der Waals surface area (Å²) in [6.07, 6.45) is -1.71. The molecule has 0 bridgehead atoms. The molecule has 2 aliphatic rings. The van der Waals surface area contributed by atoms with Crippen LogP contribution < -0.4 is 0 Å². The molecule has 2 N–H and O–H groups in total. The molecule has 0 spiro atoms. The highest BCUT2D eigenvalue weighted by atomic mass is 32.2. The number of carbonyl (C=O) groups excluding carboxylic acids is 3. The van der Waals surface area contributed by atoms with Crippen molar-refractivity contribution >= 4 is 47.2 Å². The van der Waals surface area contributed by atoms with Crippen LogP contribution in [0.5, 0.6) is 0 Å². The Morgan fingerprint density at radius 3 is 2.59 bits per heavy atom. The Morgan fingerprint density at radius 1 is 1.26 bits per heavy atom. The van der Waals surface area contributed by atoms with Crippen molar-refractivity contribution in [3.8, 4) is 0 Å². The smallest absolute Gasteiger partial charge is 0.431 e. The molecular weight excluding hydrogens is 484 g/mol. The number of amides is 1. The summed E-state index contributed by atoms with van der Waals surface area (Å²) in [6.45, 7) is 7.92. The number of esters is 1. The van der Waals surface area contributed by atoms with Crippen LogP contribution in [0, 0.1) is 11.8 Å². The number of aromatic nitrogens is 1. The molecule has 3 heterocycles. The topological polar surface area (TPSA) is 135 Å². The van der Waals surface area contributed by atoms with Crippen LogP contribution in [-0.4, -0.2) is 62.7 Å². The van der Waals surface area contributed by atoms with E-state index >= 15 is 0 Å². The van der Waals surface area contributed by atoms with E-state index in [1.807, 2.05) is 6.92 Å². The van der Waals surface area contributed by atoms with Crippen molar-refractivity contribution in [2.45, 2.75) is 65.8 Å². The third-order valence-corrected chi connectivity index (χ3v) is 7.33. The van der Waals surface area contributed by atoms with Gasteiger partial charge in [-0.25, -0.2) is 14.6 Å². The molecule has 186 valence electrons. The number of thiazole rings is 1. The maximum Gasteiger partial charge on any atom is 0.511 e. The van der Waals surface area contributed by atoms with Crippen molar-refractivity contribution in [1.29, 1.82) is 0 Å². The van der Waals surface area contributed by atoms with Gasteiger partial charge in [0.15, 0.2) is 0 Å². The van der Waals surface area contributed by atoms with Crippen LogP contribution in [0.25, 0.3) is 6.08 Å². The van der Waals surface area contributed by atoms with Crippen LogP contribution in [0.3, 0.4) is 0 Å². The van der Waals surface area contributed by atoms with Crippen LogP contribution in [0.4, 0.5) is 4.79 Å². The summed E-state index contributed by atoms with van der Waals surface area (Å²) in [5.41, 5.74) is 2.23. The number of fused-ring (bicyclic) bond motifs is 1. The molecule has 34 heavy (non-hydrogen) atoms. The number of ether oxygens (including phenoxy) is 3. The molecule has 1 aromatic heterocycles. The Labute approximate surface area is 205 Å². The number of aliphatic hydroxyl groups is 2. The molecule has 1 aromatic rings. The van der Waals surface area contributed by atoms with Crippen molar-refractivity contribution in [1.82, 2.24) is 9.88 Å². The SMILES string of the molecule is CC(C)OC(=O)OC(C)OC(=O)C1=C(S/C=C\c2scnc2CO)[C@H](C)[C@@H]2[C@@H]([C@@H](C)O)C(=O)N12. The predicted molar refractivity (Wildman–Crippen MR) is 125 cm³/mol. The third-order valence-electron chi connectivity index (χ3n) is 5.41. The Hall–Kier alpha value is -2.41. The fourth-order valence-electron chi connectivity index (χ4n) is 3.96. The number of carbonyl (C=O) groups is 3. The van der Waals surface area contributed by atoms with Crippen LogP contribution in [-0.2, 0) is 30.4 Å². The molecule has 3 rings (SSSR count). The van der Waals surface area contributed by atoms with Gasteiger partial charge in [-0.1, -0.05) is 18.7 Å². The first-order valence-corrected chi connectivity index (χ1v) is 12.5. The van der Waals surface area contributed by atoms with Crippen molar-refractivity contribution in [3.05, 3.63) is 32.1 Å². The molecule has 5 atom stereocenters. The van der Waals surface area contributed by atoms with E-state index in [1.165, 1.54) is 34.9 Å². The number of β-lactam (4-membered cyclic amide) rings is 1. The Balaban J connectivity index is 1.82. The van der Waals surface area contributed by atoms with E-state index < -0.39 is 36.5 Å². The van der Waals surface area contributed by atoms with E-state index in [2.05, 4.69) is 4.98 Å². The zero-order valence-electron chi connectivity index (χ0n) is 19.5. The summed E-state index contributed by atoms with van der Waals surface area (Å²) < 4.78 is 15.1. The zero-order chi connectivity index (χ0) is 25.2. The molecule has 0 aliphatic carbocycles. The number of hydrogen-bond acceptors (Lipinski definition) is 11. The fourth-order valence-corrected chi connectivity index (χ4v) is 5.73. The van der Waals surface area contributed by atoms with Gasteiger partial charge in [-0.05, 0) is 32.3 Å². The minimum absolute atomic E-state index is 0.0633. The summed E-state index contributed by atoms with van der Waals surface area (Å²) >= 11 is 2.61. The highest BCUT2D eigenvalue weighted by molar-refractivity contribution is 8.06. The van der Waals surface area contributed by atoms with E-state index in [0.717, 1.165) is 4.88 Å². The molecule has 0 aromatic carbocycles. The van der Waals surface area contributed by atoms with Crippen molar-refractivity contribution in [3.63, 3.8) is 0 Å². The lowest BCUT2D eigenvalue weighted by Gasteiger charge is -2.46. The lowest BCUT2D eigenvalue weighted by Crippen LogP contribution is -2.63. The molecule has 1 saturated heterocycles. The zero-order valence-corrected chi connectivity index (χ0v) is 21.1. The van der Waals surface area contributed by atoms with Crippen LogP contribution >= 0.6 is 23.1 Å². The molecule has 1 fully saturated rings. The van der Waals surface area contributed by atoms with Gasteiger partial charge in [0, 0.05) is 17.7 Å². The van der Waals surface area contributed by atoms with Crippen LogP contribution in [0.15, 0.2) is 21.5 Å². The van der Waals surface area contributed by atoms with Gasteiger partial charge in [0.05, 0.1) is 46.9 Å². The molecule has 0 saturated carbocycles. The second-order valence-electron chi connectivity index (χ2n) is 8.22. The van der Waals surface area contributed by atoms with E-state index in [0.29, 0.717) is 10.6 Å². The van der Waals surface area contributed by atoms with E-state index in [1.54, 1.807) is 37.8 Å². The minimum atomic E-state index is -1.24. The van der Waals surface area contributed by atoms with E-state index in [-0.39, 0.29) is 30.2 Å². The van der Waals surface area contributed by atoms with Gasteiger partial charge in [0.1, 0.15) is 5.70 Å². The van der Waals surface area contributed by atoms with Crippen molar-refractivity contribution < 1.29 is 38.8 Å². The second-order valence-corrected chi connectivity index (χ2v) is 10.1.